The molecule has 2 unspecified atom stereocenters. The molecule has 1 heterocycles. The monoisotopic (exact) mass is 318 g/mol. The molecule has 5 heteroatoms. The summed E-state index contributed by atoms with van der Waals surface area (Å²) in [4.78, 5) is 4.37. The van der Waals surface area contributed by atoms with Gasteiger partial charge in [-0.05, 0) is 30.9 Å². The van der Waals surface area contributed by atoms with Crippen molar-refractivity contribution in [2.75, 3.05) is 32.7 Å². The molecule has 0 amide bonds. The zero-order chi connectivity index (χ0) is 16.7. The van der Waals surface area contributed by atoms with E-state index in [1.807, 2.05) is 35.2 Å². The average molecular weight is 318 g/mol. The molecule has 5 nitrogen and oxygen atoms in total. The Morgan fingerprint density at radius 3 is 2.43 bits per heavy atom. The van der Waals surface area contributed by atoms with Crippen molar-refractivity contribution < 1.29 is 5.11 Å². The molecule has 128 valence electrons. The van der Waals surface area contributed by atoms with Crippen LogP contribution in [-0.2, 0) is 0 Å². The lowest BCUT2D eigenvalue weighted by Crippen LogP contribution is -2.50. The summed E-state index contributed by atoms with van der Waals surface area (Å²) in [5, 5.41) is 17.9. The molecule has 1 aromatic carbocycles. The highest BCUT2D eigenvalue weighted by molar-refractivity contribution is 5.74. The fourth-order valence-electron chi connectivity index (χ4n) is 3.19. The Bertz CT molecular complexity index is 471. The SMILES string of the molecule is CCC(CCN1CCN(C(=N)N)CC1)CC(O)c1ccccc1. The van der Waals surface area contributed by atoms with Crippen LogP contribution in [0.3, 0.4) is 0 Å². The van der Waals surface area contributed by atoms with Gasteiger partial charge < -0.3 is 15.7 Å². The minimum atomic E-state index is -0.365. The number of nitrogens with zero attached hydrogens (tertiary/aromatic N) is 2. The Morgan fingerprint density at radius 2 is 1.87 bits per heavy atom. The third-order valence-corrected chi connectivity index (χ3v) is 4.88. The Morgan fingerprint density at radius 1 is 1.22 bits per heavy atom. The number of piperazine rings is 1. The van der Waals surface area contributed by atoms with Crippen LogP contribution in [-0.4, -0.2) is 53.6 Å². The molecule has 0 radical (unpaired) electrons. The fraction of sp³-hybridized carbons (Fsp3) is 0.611. The van der Waals surface area contributed by atoms with Crippen molar-refractivity contribution in [1.82, 2.24) is 9.80 Å². The van der Waals surface area contributed by atoms with E-state index < -0.39 is 0 Å². The first-order chi connectivity index (χ1) is 11.1. The van der Waals surface area contributed by atoms with Crippen LogP contribution in [0.25, 0.3) is 0 Å². The molecule has 0 saturated carbocycles. The van der Waals surface area contributed by atoms with Crippen LogP contribution in [0.2, 0.25) is 0 Å². The summed E-state index contributed by atoms with van der Waals surface area (Å²) >= 11 is 0. The number of hydrogen-bond acceptors (Lipinski definition) is 3. The van der Waals surface area contributed by atoms with E-state index in [1.165, 1.54) is 0 Å². The molecule has 1 aliphatic rings. The number of guanidine groups is 1. The first-order valence-corrected chi connectivity index (χ1v) is 8.64. The van der Waals surface area contributed by atoms with Gasteiger partial charge >= 0.3 is 0 Å². The zero-order valence-electron chi connectivity index (χ0n) is 14.1. The normalized spacial score (nSPS) is 18.6. The van der Waals surface area contributed by atoms with Crippen LogP contribution in [0.1, 0.15) is 37.9 Å². The van der Waals surface area contributed by atoms with Crippen LogP contribution in [0.4, 0.5) is 0 Å². The maximum absolute atomic E-state index is 10.4. The van der Waals surface area contributed by atoms with E-state index in [2.05, 4.69) is 11.8 Å². The van der Waals surface area contributed by atoms with Crippen LogP contribution in [0.15, 0.2) is 30.3 Å². The van der Waals surface area contributed by atoms with Crippen LogP contribution >= 0.6 is 0 Å². The second-order valence-corrected chi connectivity index (χ2v) is 6.44. The highest BCUT2D eigenvalue weighted by Crippen LogP contribution is 2.25. The number of hydrogen-bond donors (Lipinski definition) is 3. The summed E-state index contributed by atoms with van der Waals surface area (Å²) in [6, 6.07) is 9.94. The van der Waals surface area contributed by atoms with E-state index in [1.54, 1.807) is 0 Å². The van der Waals surface area contributed by atoms with Crippen LogP contribution in [0, 0.1) is 11.3 Å². The standard InChI is InChI=1S/C18H30N4O/c1-2-15(14-17(23)16-6-4-3-5-7-16)8-9-21-10-12-22(13-11-21)18(19)20/h3-7,15,17,23H,2,8-14H2,1H3,(H3,19,20). The van der Waals surface area contributed by atoms with Crippen molar-refractivity contribution in [3.05, 3.63) is 35.9 Å². The van der Waals surface area contributed by atoms with Gasteiger partial charge in [0.1, 0.15) is 0 Å². The highest BCUT2D eigenvalue weighted by atomic mass is 16.3. The maximum atomic E-state index is 10.4. The van der Waals surface area contributed by atoms with E-state index in [0.29, 0.717) is 5.92 Å². The number of nitrogens with one attached hydrogen (secondary N) is 1. The van der Waals surface area contributed by atoms with Crippen molar-refractivity contribution in [3.63, 3.8) is 0 Å². The van der Waals surface area contributed by atoms with E-state index in [0.717, 1.165) is 57.5 Å². The minimum Gasteiger partial charge on any atom is -0.388 e. The van der Waals surface area contributed by atoms with Gasteiger partial charge in [0.05, 0.1) is 6.10 Å². The summed E-state index contributed by atoms with van der Waals surface area (Å²) in [6.07, 6.45) is 2.67. The molecule has 0 spiro atoms. The molecular weight excluding hydrogens is 288 g/mol. The molecular formula is C18H30N4O. The minimum absolute atomic E-state index is 0.182. The Balaban J connectivity index is 1.74. The van der Waals surface area contributed by atoms with Crippen LogP contribution < -0.4 is 5.73 Å². The quantitative estimate of drug-likeness (QED) is 0.531. The third kappa shape index (κ3) is 5.52. The van der Waals surface area contributed by atoms with Gasteiger partial charge in [-0.15, -0.1) is 0 Å². The lowest BCUT2D eigenvalue weighted by atomic mass is 9.92. The summed E-state index contributed by atoms with van der Waals surface area (Å²) in [7, 11) is 0. The van der Waals surface area contributed by atoms with Crippen molar-refractivity contribution in [2.24, 2.45) is 11.7 Å². The van der Waals surface area contributed by atoms with Gasteiger partial charge in [0, 0.05) is 26.2 Å². The molecule has 1 aromatic rings. The van der Waals surface area contributed by atoms with Gasteiger partial charge in [0.2, 0.25) is 0 Å². The molecule has 0 aliphatic carbocycles. The molecule has 0 bridgehead atoms. The van der Waals surface area contributed by atoms with Crippen LogP contribution in [0.5, 0.6) is 0 Å². The van der Waals surface area contributed by atoms with E-state index in [-0.39, 0.29) is 12.1 Å². The lowest BCUT2D eigenvalue weighted by molar-refractivity contribution is 0.126. The fourth-order valence-corrected chi connectivity index (χ4v) is 3.19. The first kappa shape index (κ1) is 17.8. The smallest absolute Gasteiger partial charge is 0.188 e. The molecule has 0 aromatic heterocycles. The average Bonchev–Trinajstić information content (AvgIpc) is 2.59. The van der Waals surface area contributed by atoms with E-state index >= 15 is 0 Å². The van der Waals surface area contributed by atoms with Gasteiger partial charge in [0.25, 0.3) is 0 Å². The number of benzene rings is 1. The van der Waals surface area contributed by atoms with Gasteiger partial charge in [0.15, 0.2) is 5.96 Å². The summed E-state index contributed by atoms with van der Waals surface area (Å²) < 4.78 is 0. The largest absolute Gasteiger partial charge is 0.388 e. The predicted octanol–water partition coefficient (Wildman–Crippen LogP) is 2.04. The Labute approximate surface area is 139 Å². The van der Waals surface area contributed by atoms with Crippen molar-refractivity contribution in [1.29, 1.82) is 5.41 Å². The summed E-state index contributed by atoms with van der Waals surface area (Å²) in [6.45, 7) is 6.90. The van der Waals surface area contributed by atoms with Gasteiger partial charge in [-0.2, -0.15) is 0 Å². The Hall–Kier alpha value is -1.59. The highest BCUT2D eigenvalue weighted by Gasteiger charge is 2.20. The molecule has 2 atom stereocenters. The molecule has 2 rings (SSSR count). The van der Waals surface area contributed by atoms with Gasteiger partial charge in [-0.25, -0.2) is 0 Å². The summed E-state index contributed by atoms with van der Waals surface area (Å²) in [5.74, 6) is 0.720. The zero-order valence-corrected chi connectivity index (χ0v) is 14.1. The Kier molecular flexibility index (Phi) is 6.86. The molecule has 4 N–H and O–H groups in total. The van der Waals surface area contributed by atoms with Crippen molar-refractivity contribution in [2.45, 2.75) is 32.3 Å². The van der Waals surface area contributed by atoms with Gasteiger partial charge in [-0.3, -0.25) is 10.3 Å². The predicted molar refractivity (Wildman–Crippen MR) is 94.3 cm³/mol. The van der Waals surface area contributed by atoms with E-state index in [4.69, 9.17) is 11.1 Å². The van der Waals surface area contributed by atoms with Crippen molar-refractivity contribution >= 4 is 5.96 Å². The second kappa shape index (κ2) is 8.89. The second-order valence-electron chi connectivity index (χ2n) is 6.44. The van der Waals surface area contributed by atoms with E-state index in [9.17, 15) is 5.11 Å². The topological polar surface area (TPSA) is 76.6 Å². The molecule has 1 fully saturated rings. The maximum Gasteiger partial charge on any atom is 0.188 e. The first-order valence-electron chi connectivity index (χ1n) is 8.64. The number of aliphatic hydroxyl groups excluding tert-OH is 1. The molecule has 1 saturated heterocycles. The van der Waals surface area contributed by atoms with Crippen molar-refractivity contribution in [3.8, 4) is 0 Å². The third-order valence-electron chi connectivity index (χ3n) is 4.88. The van der Waals surface area contributed by atoms with Gasteiger partial charge in [-0.1, -0.05) is 43.7 Å². The number of rotatable bonds is 7. The molecule has 1 aliphatic heterocycles. The summed E-state index contributed by atoms with van der Waals surface area (Å²) in [5.41, 5.74) is 6.54. The number of nitrogens with two attached hydrogens (primary N) is 1. The number of aliphatic hydroxyl groups is 1. The lowest BCUT2D eigenvalue weighted by Gasteiger charge is -2.35. The molecule has 23 heavy (non-hydrogen) atoms.